The normalized spacial score (nSPS) is 15.5. The molecule has 88 valence electrons. The number of nitrogens with one attached hydrogen (secondary N) is 1. The summed E-state index contributed by atoms with van der Waals surface area (Å²) in [5, 5.41) is 14.1. The van der Waals surface area contributed by atoms with Crippen LogP contribution in [0.4, 0.5) is 11.4 Å². The van der Waals surface area contributed by atoms with Crippen LogP contribution in [0, 0.1) is 10.1 Å². The third-order valence-corrected chi connectivity index (χ3v) is 3.22. The number of nitro groups is 1. The second-order valence-corrected chi connectivity index (χ2v) is 4.35. The van der Waals surface area contributed by atoms with Crippen LogP contribution in [0.15, 0.2) is 0 Å². The maximum absolute atomic E-state index is 10.9. The van der Waals surface area contributed by atoms with Gasteiger partial charge in [-0.1, -0.05) is 10.9 Å². The Morgan fingerprint density at radius 1 is 1.00 bits per heavy atom. The Labute approximate surface area is 116 Å². The van der Waals surface area contributed by atoms with Crippen LogP contribution < -0.4 is 32.1 Å². The molecule has 0 amide bonds. The van der Waals surface area contributed by atoms with Gasteiger partial charge in [-0.25, -0.2) is 0 Å². The van der Waals surface area contributed by atoms with Gasteiger partial charge in [-0.3, -0.25) is 10.1 Å². The molecular weight excluding hydrogens is 237 g/mol. The Hall–Kier alpha value is -1.36. The first-order valence-corrected chi connectivity index (χ1v) is 5.81. The molecular formula is C10H9B4N3O2. The van der Waals surface area contributed by atoms with Gasteiger partial charge >= 0.3 is 0 Å². The maximum atomic E-state index is 10.9. The largest absolute Gasteiger partial charge is 0.370 e. The summed E-state index contributed by atoms with van der Waals surface area (Å²) in [6.07, 6.45) is 0. The quantitative estimate of drug-likeness (QED) is 0.330. The topological polar surface area (TPSA) is 58.4 Å². The van der Waals surface area contributed by atoms with Gasteiger partial charge in [-0.2, -0.15) is 0 Å². The smallest absolute Gasteiger partial charge is 0.254 e. The van der Waals surface area contributed by atoms with Crippen molar-refractivity contribution in [2.24, 2.45) is 0 Å². The molecule has 1 aromatic rings. The molecule has 1 aliphatic heterocycles. The minimum absolute atomic E-state index is 0.111. The van der Waals surface area contributed by atoms with E-state index in [4.69, 9.17) is 31.4 Å². The summed E-state index contributed by atoms with van der Waals surface area (Å²) < 4.78 is 0. The second-order valence-electron chi connectivity index (χ2n) is 4.35. The van der Waals surface area contributed by atoms with E-state index in [1.54, 1.807) is 0 Å². The average Bonchev–Trinajstić information content (AvgIpc) is 2.38. The van der Waals surface area contributed by atoms with Crippen LogP contribution in [0.1, 0.15) is 0 Å². The molecule has 0 aromatic heterocycles. The van der Waals surface area contributed by atoms with Gasteiger partial charge in [-0.15, -0.1) is 0 Å². The van der Waals surface area contributed by atoms with Crippen LogP contribution in [0.2, 0.25) is 0 Å². The van der Waals surface area contributed by atoms with Crippen molar-refractivity contribution in [3.05, 3.63) is 10.1 Å². The van der Waals surface area contributed by atoms with E-state index in [1.807, 2.05) is 4.90 Å². The highest BCUT2D eigenvalue weighted by Crippen LogP contribution is 2.10. The van der Waals surface area contributed by atoms with Gasteiger partial charge in [0.25, 0.3) is 5.69 Å². The van der Waals surface area contributed by atoms with Crippen molar-refractivity contribution in [3.8, 4) is 0 Å². The van der Waals surface area contributed by atoms with E-state index in [9.17, 15) is 10.1 Å². The molecule has 19 heavy (non-hydrogen) atoms. The number of anilines is 1. The Morgan fingerprint density at radius 2 is 1.47 bits per heavy atom. The standard InChI is InChI=1S/C10H9B4N3O2/c11-5-7(13)10(17(18)19)8(14)6(12)9(5)16-3-1-15-2-4-16/h15H,1-4H2. The molecule has 1 aliphatic rings. The number of hydrogen-bond acceptors (Lipinski definition) is 4. The van der Waals surface area contributed by atoms with Crippen LogP contribution in [0.5, 0.6) is 0 Å². The molecule has 0 atom stereocenters. The van der Waals surface area contributed by atoms with Crippen molar-refractivity contribution in [1.29, 1.82) is 0 Å². The minimum Gasteiger partial charge on any atom is -0.370 e. The SMILES string of the molecule is [B]c1c([B])c([N+](=O)[O-])c([B])c([B])c1N1CCNCC1. The van der Waals surface area contributed by atoms with E-state index < -0.39 is 10.6 Å². The average molecular weight is 246 g/mol. The van der Waals surface area contributed by atoms with E-state index in [0.29, 0.717) is 18.8 Å². The molecule has 5 nitrogen and oxygen atoms in total. The lowest BCUT2D eigenvalue weighted by Crippen LogP contribution is -2.52. The van der Waals surface area contributed by atoms with Crippen LogP contribution in [-0.2, 0) is 0 Å². The highest BCUT2D eigenvalue weighted by molar-refractivity contribution is 6.62. The maximum Gasteiger partial charge on any atom is 0.254 e. The fourth-order valence-electron chi connectivity index (χ4n) is 2.23. The predicted octanol–water partition coefficient (Wildman–Crippen LogP) is -3.82. The number of nitrogens with zero attached hydrogens (tertiary/aromatic N) is 2. The second kappa shape index (κ2) is 5.33. The van der Waals surface area contributed by atoms with Crippen LogP contribution in [0.25, 0.3) is 0 Å². The molecule has 0 unspecified atom stereocenters. The first-order chi connectivity index (χ1) is 8.95. The number of benzene rings is 1. The lowest BCUT2D eigenvalue weighted by atomic mass is 9.67. The summed E-state index contributed by atoms with van der Waals surface area (Å²) in [6.45, 7) is 2.92. The molecule has 1 saturated heterocycles. The van der Waals surface area contributed by atoms with Crippen LogP contribution in [0.3, 0.4) is 0 Å². The molecule has 1 aromatic carbocycles. The lowest BCUT2D eigenvalue weighted by molar-refractivity contribution is -0.382. The van der Waals surface area contributed by atoms with Gasteiger partial charge in [0.05, 0.1) is 4.92 Å². The van der Waals surface area contributed by atoms with E-state index in [-0.39, 0.29) is 21.9 Å². The molecule has 9 heteroatoms. The highest BCUT2D eigenvalue weighted by Gasteiger charge is 2.23. The zero-order valence-corrected chi connectivity index (χ0v) is 10.3. The van der Waals surface area contributed by atoms with E-state index in [0.717, 1.165) is 13.1 Å². The molecule has 2 rings (SSSR count). The molecule has 8 radical (unpaired) electrons. The summed E-state index contributed by atoms with van der Waals surface area (Å²) in [4.78, 5) is 12.2. The highest BCUT2D eigenvalue weighted by atomic mass is 16.6. The van der Waals surface area contributed by atoms with Crippen molar-refractivity contribution >= 4 is 64.6 Å². The minimum atomic E-state index is -0.668. The van der Waals surface area contributed by atoms with Crippen molar-refractivity contribution in [1.82, 2.24) is 5.32 Å². The van der Waals surface area contributed by atoms with E-state index in [2.05, 4.69) is 5.32 Å². The molecule has 0 saturated carbocycles. The zero-order valence-electron chi connectivity index (χ0n) is 10.3. The fraction of sp³-hybridized carbons (Fsp3) is 0.400. The van der Waals surface area contributed by atoms with Gasteiger partial charge in [-0.05, 0) is 10.9 Å². The fourth-order valence-corrected chi connectivity index (χ4v) is 2.23. The molecule has 0 aliphatic carbocycles. The van der Waals surface area contributed by atoms with Gasteiger partial charge in [0.2, 0.25) is 0 Å². The lowest BCUT2D eigenvalue weighted by Gasteiger charge is -2.34. The van der Waals surface area contributed by atoms with Crippen molar-refractivity contribution in [2.45, 2.75) is 0 Å². The number of hydrogen-bond donors (Lipinski definition) is 1. The zero-order chi connectivity index (χ0) is 14.2. The van der Waals surface area contributed by atoms with E-state index in [1.165, 1.54) is 0 Å². The summed E-state index contributed by atoms with van der Waals surface area (Å²) in [5.74, 6) is 0. The monoisotopic (exact) mass is 247 g/mol. The van der Waals surface area contributed by atoms with Gasteiger partial charge < -0.3 is 10.2 Å². The van der Waals surface area contributed by atoms with Gasteiger partial charge in [0, 0.05) is 31.9 Å². The number of rotatable bonds is 2. The van der Waals surface area contributed by atoms with Crippen molar-refractivity contribution in [2.75, 3.05) is 31.1 Å². The number of piperazine rings is 1. The first kappa shape index (κ1) is 14.1. The third kappa shape index (κ3) is 2.39. The Balaban J connectivity index is 2.59. The summed E-state index contributed by atoms with van der Waals surface area (Å²) in [7, 11) is 23.2. The number of nitro benzene ring substituents is 1. The molecule has 1 N–H and O–H groups in total. The van der Waals surface area contributed by atoms with Crippen LogP contribution in [-0.4, -0.2) is 62.5 Å². The summed E-state index contributed by atoms with van der Waals surface area (Å²) in [6, 6.07) is 0. The Morgan fingerprint density at radius 3 is 1.89 bits per heavy atom. The third-order valence-electron chi connectivity index (χ3n) is 3.22. The van der Waals surface area contributed by atoms with E-state index >= 15 is 0 Å². The van der Waals surface area contributed by atoms with Gasteiger partial charge in [0.15, 0.2) is 0 Å². The van der Waals surface area contributed by atoms with Crippen molar-refractivity contribution < 1.29 is 4.92 Å². The summed E-state index contributed by atoms with van der Waals surface area (Å²) >= 11 is 0. The Kier molecular flexibility index (Phi) is 3.94. The first-order valence-electron chi connectivity index (χ1n) is 5.81. The summed E-state index contributed by atoms with van der Waals surface area (Å²) in [5.41, 5.74) is 0.0204. The van der Waals surface area contributed by atoms with Crippen LogP contribution >= 0.6 is 0 Å². The Bertz CT molecular complexity index is 503. The van der Waals surface area contributed by atoms with Crippen molar-refractivity contribution in [3.63, 3.8) is 0 Å². The predicted molar refractivity (Wildman–Crippen MR) is 79.7 cm³/mol. The molecule has 0 spiro atoms. The molecule has 0 bridgehead atoms. The molecule has 1 heterocycles. The molecule has 1 fully saturated rings. The van der Waals surface area contributed by atoms with Gasteiger partial charge in [0.1, 0.15) is 31.4 Å².